The molecule has 4 N–H and O–H groups in total. The zero-order valence-corrected chi connectivity index (χ0v) is 13.9. The summed E-state index contributed by atoms with van der Waals surface area (Å²) < 4.78 is 10.3. The highest BCUT2D eigenvalue weighted by molar-refractivity contribution is 5.95. The van der Waals surface area contributed by atoms with Crippen molar-refractivity contribution in [2.24, 2.45) is 5.73 Å². The van der Waals surface area contributed by atoms with Crippen molar-refractivity contribution >= 4 is 17.8 Å². The molecule has 0 aliphatic rings. The third kappa shape index (κ3) is 6.15. The second-order valence-electron chi connectivity index (χ2n) is 5.85. The summed E-state index contributed by atoms with van der Waals surface area (Å²) >= 11 is 0. The van der Waals surface area contributed by atoms with Crippen LogP contribution >= 0.6 is 0 Å². The first-order chi connectivity index (χ1) is 11.1. The number of nitrogens with one attached hydrogen (secondary N) is 1. The number of methoxy groups -OCH3 is 1. The van der Waals surface area contributed by atoms with Gasteiger partial charge in [-0.15, -0.1) is 0 Å². The van der Waals surface area contributed by atoms with Crippen LogP contribution in [0.4, 0.5) is 0 Å². The molecule has 1 rings (SSSR count). The lowest BCUT2D eigenvalue weighted by Gasteiger charge is -2.25. The summed E-state index contributed by atoms with van der Waals surface area (Å²) in [7, 11) is 1.41. The molecule has 0 heterocycles. The summed E-state index contributed by atoms with van der Waals surface area (Å²) in [6.07, 6.45) is 0.251. The van der Waals surface area contributed by atoms with Crippen molar-refractivity contribution in [3.8, 4) is 11.5 Å². The van der Waals surface area contributed by atoms with Crippen molar-refractivity contribution in [1.82, 2.24) is 5.32 Å². The average molecular weight is 338 g/mol. The Bertz CT molecular complexity index is 627. The molecule has 1 aromatic carbocycles. The molecule has 2 amide bonds. The minimum Gasteiger partial charge on any atom is -0.493 e. The van der Waals surface area contributed by atoms with Crippen LogP contribution in [0.2, 0.25) is 0 Å². The maximum Gasteiger partial charge on any atom is 0.303 e. The fraction of sp³-hybridized carbons (Fsp3) is 0.438. The van der Waals surface area contributed by atoms with Crippen molar-refractivity contribution < 1.29 is 29.0 Å². The monoisotopic (exact) mass is 338 g/mol. The maximum atomic E-state index is 12.3. The van der Waals surface area contributed by atoms with Crippen molar-refractivity contribution in [1.29, 1.82) is 0 Å². The smallest absolute Gasteiger partial charge is 0.303 e. The molecule has 0 aliphatic heterocycles. The van der Waals surface area contributed by atoms with Crippen LogP contribution in [0.3, 0.4) is 0 Å². The quantitative estimate of drug-likeness (QED) is 0.614. The van der Waals surface area contributed by atoms with E-state index in [1.54, 1.807) is 13.8 Å². The van der Waals surface area contributed by atoms with Crippen LogP contribution in [0.1, 0.15) is 37.0 Å². The molecule has 8 nitrogen and oxygen atoms in total. The second-order valence-corrected chi connectivity index (χ2v) is 5.85. The predicted octanol–water partition coefficient (Wildman–Crippen LogP) is 0.932. The second kappa shape index (κ2) is 8.19. The Morgan fingerprint density at radius 2 is 1.92 bits per heavy atom. The number of ether oxygens (including phenoxy) is 2. The van der Waals surface area contributed by atoms with Crippen molar-refractivity contribution in [3.63, 3.8) is 0 Å². The third-order valence-electron chi connectivity index (χ3n) is 3.21. The third-order valence-corrected chi connectivity index (χ3v) is 3.21. The lowest BCUT2D eigenvalue weighted by Crippen LogP contribution is -2.43. The van der Waals surface area contributed by atoms with Crippen LogP contribution < -0.4 is 20.5 Å². The molecule has 8 heteroatoms. The van der Waals surface area contributed by atoms with Gasteiger partial charge >= 0.3 is 5.97 Å². The van der Waals surface area contributed by atoms with E-state index in [9.17, 15) is 14.4 Å². The number of carboxylic acids is 1. The molecule has 0 saturated heterocycles. The van der Waals surface area contributed by atoms with E-state index in [1.807, 2.05) is 0 Å². The van der Waals surface area contributed by atoms with Gasteiger partial charge in [0.15, 0.2) is 18.1 Å². The number of carboxylic acid groups (broad SMARTS) is 1. The van der Waals surface area contributed by atoms with E-state index in [0.717, 1.165) is 0 Å². The van der Waals surface area contributed by atoms with Crippen LogP contribution in [0.15, 0.2) is 18.2 Å². The van der Waals surface area contributed by atoms with Crippen LogP contribution in [0, 0.1) is 0 Å². The molecular formula is C16H22N2O6. The number of rotatable bonds is 9. The number of primary amides is 1. The van der Waals surface area contributed by atoms with Gasteiger partial charge in [-0.1, -0.05) is 0 Å². The highest BCUT2D eigenvalue weighted by atomic mass is 16.5. The van der Waals surface area contributed by atoms with Gasteiger partial charge in [-0.05, 0) is 38.5 Å². The molecule has 0 unspecified atom stereocenters. The molecule has 0 saturated carbocycles. The predicted molar refractivity (Wildman–Crippen MR) is 86.1 cm³/mol. The first-order valence-corrected chi connectivity index (χ1v) is 7.28. The summed E-state index contributed by atoms with van der Waals surface area (Å²) in [5.41, 5.74) is 4.66. The normalized spacial score (nSPS) is 10.8. The molecular weight excluding hydrogens is 316 g/mol. The van der Waals surface area contributed by atoms with Gasteiger partial charge in [0.25, 0.3) is 11.8 Å². The van der Waals surface area contributed by atoms with Gasteiger partial charge in [-0.2, -0.15) is 0 Å². The van der Waals surface area contributed by atoms with E-state index in [2.05, 4.69) is 5.32 Å². The Balaban J connectivity index is 2.83. The summed E-state index contributed by atoms with van der Waals surface area (Å²) in [5, 5.41) is 11.5. The van der Waals surface area contributed by atoms with Crippen molar-refractivity contribution in [2.75, 3.05) is 13.7 Å². The number of hydrogen-bond donors (Lipinski definition) is 3. The van der Waals surface area contributed by atoms with Gasteiger partial charge in [-0.25, -0.2) is 0 Å². The Morgan fingerprint density at radius 1 is 1.25 bits per heavy atom. The average Bonchev–Trinajstić information content (AvgIpc) is 2.50. The summed E-state index contributed by atoms with van der Waals surface area (Å²) in [6.45, 7) is 3.19. The van der Waals surface area contributed by atoms with Crippen molar-refractivity contribution in [3.05, 3.63) is 23.8 Å². The molecule has 132 valence electrons. The Labute approximate surface area is 139 Å². The summed E-state index contributed by atoms with van der Waals surface area (Å²) in [4.78, 5) is 33.7. The maximum absolute atomic E-state index is 12.3. The lowest BCUT2D eigenvalue weighted by atomic mass is 9.97. The number of aliphatic carboxylic acids is 1. The van der Waals surface area contributed by atoms with Gasteiger partial charge in [0, 0.05) is 17.5 Å². The molecule has 0 fully saturated rings. The summed E-state index contributed by atoms with van der Waals surface area (Å²) in [5.74, 6) is -1.34. The molecule has 0 spiro atoms. The van der Waals surface area contributed by atoms with E-state index < -0.39 is 17.4 Å². The molecule has 1 aromatic rings. The van der Waals surface area contributed by atoms with Gasteiger partial charge in [0.05, 0.1) is 7.11 Å². The van der Waals surface area contributed by atoms with E-state index in [4.69, 9.17) is 20.3 Å². The van der Waals surface area contributed by atoms with Crippen LogP contribution in [0.25, 0.3) is 0 Å². The zero-order chi connectivity index (χ0) is 18.3. The highest BCUT2D eigenvalue weighted by Crippen LogP contribution is 2.28. The van der Waals surface area contributed by atoms with Gasteiger partial charge in [-0.3, -0.25) is 14.4 Å². The van der Waals surface area contributed by atoms with Crippen LogP contribution in [0.5, 0.6) is 11.5 Å². The van der Waals surface area contributed by atoms with E-state index in [1.165, 1.54) is 25.3 Å². The fourth-order valence-corrected chi connectivity index (χ4v) is 1.94. The molecule has 0 aromatic heterocycles. The number of nitrogens with two attached hydrogens (primary N) is 1. The first kappa shape index (κ1) is 19.3. The van der Waals surface area contributed by atoms with Crippen LogP contribution in [-0.2, 0) is 9.59 Å². The first-order valence-electron chi connectivity index (χ1n) is 7.28. The van der Waals surface area contributed by atoms with Gasteiger partial charge in [0.2, 0.25) is 0 Å². The van der Waals surface area contributed by atoms with Crippen molar-refractivity contribution in [2.45, 2.75) is 32.2 Å². The Hall–Kier alpha value is -2.77. The topological polar surface area (TPSA) is 128 Å². The van der Waals surface area contributed by atoms with E-state index in [0.29, 0.717) is 12.0 Å². The number of carbonyl (C=O) groups excluding carboxylic acids is 2. The zero-order valence-electron chi connectivity index (χ0n) is 13.9. The molecule has 0 bridgehead atoms. The number of amides is 2. The standard InChI is InChI=1S/C16H22N2O6/c1-16(2,7-6-14(20)21)18-15(22)10-4-5-11(12(8-10)23-3)24-9-13(17)19/h4-5,8H,6-7,9H2,1-3H3,(H2,17,19)(H,18,22)(H,20,21). The Kier molecular flexibility index (Phi) is 6.58. The fourth-order valence-electron chi connectivity index (χ4n) is 1.94. The molecule has 0 aliphatic carbocycles. The van der Waals surface area contributed by atoms with Gasteiger partial charge < -0.3 is 25.6 Å². The number of benzene rings is 1. The highest BCUT2D eigenvalue weighted by Gasteiger charge is 2.23. The number of carbonyl (C=O) groups is 3. The summed E-state index contributed by atoms with van der Waals surface area (Å²) in [6, 6.07) is 4.49. The van der Waals surface area contributed by atoms with E-state index >= 15 is 0 Å². The minimum absolute atomic E-state index is 0.0451. The Morgan fingerprint density at radius 3 is 2.46 bits per heavy atom. The number of hydrogen-bond acceptors (Lipinski definition) is 5. The molecule has 0 atom stereocenters. The lowest BCUT2D eigenvalue weighted by molar-refractivity contribution is -0.137. The minimum atomic E-state index is -0.921. The van der Waals surface area contributed by atoms with Crippen LogP contribution in [-0.4, -0.2) is 42.1 Å². The molecule has 0 radical (unpaired) electrons. The van der Waals surface area contributed by atoms with Gasteiger partial charge in [0.1, 0.15) is 0 Å². The largest absolute Gasteiger partial charge is 0.493 e. The van der Waals surface area contributed by atoms with E-state index in [-0.39, 0.29) is 30.4 Å². The molecule has 24 heavy (non-hydrogen) atoms. The SMILES string of the molecule is COc1cc(C(=O)NC(C)(C)CCC(=O)O)ccc1OCC(N)=O.